The third-order valence-electron chi connectivity index (χ3n) is 6.26. The molecule has 0 aliphatic carbocycles. The Kier molecular flexibility index (Phi) is 6.63. The minimum Gasteiger partial charge on any atom is -0.496 e. The predicted molar refractivity (Wildman–Crippen MR) is 113 cm³/mol. The second-order valence-electron chi connectivity index (χ2n) is 7.90. The molecule has 1 aliphatic heterocycles. The number of likely N-dealkylation sites (tertiary alicyclic amines) is 1. The van der Waals surface area contributed by atoms with Gasteiger partial charge in [0.2, 0.25) is 0 Å². The van der Waals surface area contributed by atoms with Crippen LogP contribution in [0.5, 0.6) is 11.5 Å². The molecule has 152 valence electrons. The molecule has 0 spiro atoms. The van der Waals surface area contributed by atoms with Crippen LogP contribution in [0.15, 0.2) is 30.3 Å². The van der Waals surface area contributed by atoms with Crippen molar-refractivity contribution in [2.45, 2.75) is 46.3 Å². The zero-order chi connectivity index (χ0) is 20.3. The number of aliphatic hydroxyl groups excluding tert-OH is 1. The summed E-state index contributed by atoms with van der Waals surface area (Å²) in [5, 5.41) is 11.3. The molecule has 1 fully saturated rings. The lowest BCUT2D eigenvalue weighted by atomic mass is 9.83. The molecular formula is C24H33NO3. The van der Waals surface area contributed by atoms with Gasteiger partial charge in [0, 0.05) is 17.7 Å². The maximum absolute atomic E-state index is 11.3. The van der Waals surface area contributed by atoms with Crippen molar-refractivity contribution >= 4 is 0 Å². The molecule has 0 radical (unpaired) electrons. The summed E-state index contributed by atoms with van der Waals surface area (Å²) in [7, 11) is 3.38. The molecule has 0 aromatic heterocycles. The number of benzene rings is 2. The quantitative estimate of drug-likeness (QED) is 0.793. The molecule has 2 aromatic rings. The van der Waals surface area contributed by atoms with E-state index in [-0.39, 0.29) is 5.92 Å². The van der Waals surface area contributed by atoms with E-state index in [1.54, 1.807) is 14.2 Å². The first-order valence-electron chi connectivity index (χ1n) is 10.1. The Morgan fingerprint density at radius 1 is 0.929 bits per heavy atom. The van der Waals surface area contributed by atoms with Gasteiger partial charge in [-0.1, -0.05) is 30.3 Å². The predicted octanol–water partition coefficient (Wildman–Crippen LogP) is 4.57. The number of nitrogens with zero attached hydrogens (tertiary/aromatic N) is 1. The van der Waals surface area contributed by atoms with Gasteiger partial charge in [0.25, 0.3) is 0 Å². The molecule has 1 N–H and O–H groups in total. The molecule has 2 aromatic carbocycles. The van der Waals surface area contributed by atoms with Gasteiger partial charge >= 0.3 is 0 Å². The average Bonchev–Trinajstić information content (AvgIpc) is 2.72. The molecule has 0 bridgehead atoms. The zero-order valence-electron chi connectivity index (χ0n) is 17.8. The van der Waals surface area contributed by atoms with Crippen molar-refractivity contribution in [1.82, 2.24) is 4.90 Å². The molecule has 1 unspecified atom stereocenters. The number of methoxy groups -OCH3 is 2. The zero-order valence-corrected chi connectivity index (χ0v) is 17.8. The Morgan fingerprint density at radius 3 is 2.07 bits per heavy atom. The fourth-order valence-electron chi connectivity index (χ4n) is 4.55. The van der Waals surface area contributed by atoms with E-state index < -0.39 is 6.10 Å². The van der Waals surface area contributed by atoms with Gasteiger partial charge < -0.3 is 14.6 Å². The topological polar surface area (TPSA) is 41.9 Å². The van der Waals surface area contributed by atoms with Gasteiger partial charge in [-0.2, -0.15) is 0 Å². The second kappa shape index (κ2) is 8.97. The highest BCUT2D eigenvalue weighted by molar-refractivity contribution is 5.58. The van der Waals surface area contributed by atoms with Crippen LogP contribution in [-0.2, 0) is 6.54 Å². The molecule has 1 heterocycles. The fraction of sp³-hybridized carbons (Fsp3) is 0.500. The highest BCUT2D eigenvalue weighted by Gasteiger charge is 2.31. The number of rotatable bonds is 6. The van der Waals surface area contributed by atoms with Crippen LogP contribution in [0, 0.1) is 26.7 Å². The van der Waals surface area contributed by atoms with E-state index in [9.17, 15) is 5.11 Å². The van der Waals surface area contributed by atoms with Crippen LogP contribution in [-0.4, -0.2) is 37.3 Å². The van der Waals surface area contributed by atoms with E-state index in [0.717, 1.165) is 66.2 Å². The maximum Gasteiger partial charge on any atom is 0.128 e. The smallest absolute Gasteiger partial charge is 0.128 e. The van der Waals surface area contributed by atoms with Gasteiger partial charge in [-0.15, -0.1) is 0 Å². The third-order valence-corrected chi connectivity index (χ3v) is 6.26. The first kappa shape index (κ1) is 20.7. The summed E-state index contributed by atoms with van der Waals surface area (Å²) < 4.78 is 11.4. The van der Waals surface area contributed by atoms with Crippen LogP contribution >= 0.6 is 0 Å². The van der Waals surface area contributed by atoms with Crippen molar-refractivity contribution in [2.75, 3.05) is 27.3 Å². The van der Waals surface area contributed by atoms with Crippen molar-refractivity contribution in [2.24, 2.45) is 5.92 Å². The Balaban J connectivity index is 1.76. The first-order valence-corrected chi connectivity index (χ1v) is 10.1. The molecule has 0 saturated carbocycles. The number of piperidine rings is 1. The molecular weight excluding hydrogens is 350 g/mol. The molecule has 1 aliphatic rings. The summed E-state index contributed by atoms with van der Waals surface area (Å²) in [6.45, 7) is 9.08. The summed E-state index contributed by atoms with van der Waals surface area (Å²) in [6, 6.07) is 10.6. The largest absolute Gasteiger partial charge is 0.496 e. The number of hydrogen-bond acceptors (Lipinski definition) is 4. The SMILES string of the molecule is COc1c(C)c(C)c(OC)c(C(O)C2CCN(Cc3ccccc3)CC2)c1C. The standard InChI is InChI=1S/C24H33NO3/c1-16-17(2)24(28-5)21(18(3)23(16)27-4)22(26)20-11-13-25(14-12-20)15-19-9-7-6-8-10-19/h6-10,20,22,26H,11-15H2,1-5H3. The maximum atomic E-state index is 11.3. The van der Waals surface area contributed by atoms with Crippen LogP contribution in [0.1, 0.15) is 46.8 Å². The lowest BCUT2D eigenvalue weighted by Crippen LogP contribution is -2.35. The van der Waals surface area contributed by atoms with E-state index in [0.29, 0.717) is 0 Å². The lowest BCUT2D eigenvalue weighted by molar-refractivity contribution is 0.0544. The van der Waals surface area contributed by atoms with E-state index in [2.05, 4.69) is 35.2 Å². The van der Waals surface area contributed by atoms with Gasteiger partial charge in [0.15, 0.2) is 0 Å². The number of aliphatic hydroxyl groups is 1. The Morgan fingerprint density at radius 2 is 1.50 bits per heavy atom. The summed E-state index contributed by atoms with van der Waals surface area (Å²) in [6.07, 6.45) is 1.42. The molecule has 4 nitrogen and oxygen atoms in total. The molecule has 28 heavy (non-hydrogen) atoms. The second-order valence-corrected chi connectivity index (χ2v) is 7.90. The van der Waals surface area contributed by atoms with E-state index in [1.807, 2.05) is 20.8 Å². The van der Waals surface area contributed by atoms with Gasteiger partial charge in [0.05, 0.1) is 20.3 Å². The van der Waals surface area contributed by atoms with Crippen molar-refractivity contribution in [3.8, 4) is 11.5 Å². The highest BCUT2D eigenvalue weighted by atomic mass is 16.5. The van der Waals surface area contributed by atoms with Crippen LogP contribution < -0.4 is 9.47 Å². The van der Waals surface area contributed by atoms with Crippen molar-refractivity contribution in [3.05, 3.63) is 58.1 Å². The molecule has 4 heteroatoms. The first-order chi connectivity index (χ1) is 13.5. The summed E-state index contributed by atoms with van der Waals surface area (Å²) in [5.74, 6) is 1.88. The summed E-state index contributed by atoms with van der Waals surface area (Å²) in [5.41, 5.74) is 5.34. The molecule has 0 amide bonds. The Labute approximate surface area is 169 Å². The van der Waals surface area contributed by atoms with Crippen LogP contribution in [0.3, 0.4) is 0 Å². The van der Waals surface area contributed by atoms with Gasteiger partial charge in [-0.25, -0.2) is 0 Å². The minimum absolute atomic E-state index is 0.228. The monoisotopic (exact) mass is 383 g/mol. The van der Waals surface area contributed by atoms with Crippen LogP contribution in [0.25, 0.3) is 0 Å². The van der Waals surface area contributed by atoms with E-state index in [1.165, 1.54) is 5.56 Å². The van der Waals surface area contributed by atoms with Crippen molar-refractivity contribution in [1.29, 1.82) is 0 Å². The van der Waals surface area contributed by atoms with Crippen LogP contribution in [0.4, 0.5) is 0 Å². The Bertz CT molecular complexity index is 795. The summed E-state index contributed by atoms with van der Waals surface area (Å²) in [4.78, 5) is 2.48. The third kappa shape index (κ3) is 4.03. The number of ether oxygens (including phenoxy) is 2. The van der Waals surface area contributed by atoms with Crippen LogP contribution in [0.2, 0.25) is 0 Å². The van der Waals surface area contributed by atoms with Crippen molar-refractivity contribution in [3.63, 3.8) is 0 Å². The Hall–Kier alpha value is -2.04. The molecule has 3 rings (SSSR count). The molecule has 1 saturated heterocycles. The lowest BCUT2D eigenvalue weighted by Gasteiger charge is -2.35. The average molecular weight is 384 g/mol. The van der Waals surface area contributed by atoms with E-state index >= 15 is 0 Å². The van der Waals surface area contributed by atoms with Crippen molar-refractivity contribution < 1.29 is 14.6 Å². The van der Waals surface area contributed by atoms with E-state index in [4.69, 9.17) is 9.47 Å². The van der Waals surface area contributed by atoms with Gasteiger partial charge in [-0.05, 0) is 69.3 Å². The number of hydrogen-bond donors (Lipinski definition) is 1. The fourth-order valence-corrected chi connectivity index (χ4v) is 4.55. The minimum atomic E-state index is -0.540. The summed E-state index contributed by atoms with van der Waals surface area (Å²) >= 11 is 0. The normalized spacial score (nSPS) is 16.8. The van der Waals surface area contributed by atoms with Gasteiger partial charge in [-0.3, -0.25) is 4.90 Å². The van der Waals surface area contributed by atoms with Gasteiger partial charge in [0.1, 0.15) is 11.5 Å². The molecule has 1 atom stereocenters. The highest BCUT2D eigenvalue weighted by Crippen LogP contribution is 2.44.